The third-order valence-corrected chi connectivity index (χ3v) is 3.29. The number of ether oxygens (including phenoxy) is 1. The topological polar surface area (TPSA) is 47.0 Å². The van der Waals surface area contributed by atoms with Crippen molar-refractivity contribution in [3.05, 3.63) is 34.7 Å². The lowest BCUT2D eigenvalue weighted by atomic mass is 10.3. The second kappa shape index (κ2) is 5.63. The molecular weight excluding hydrogens is 234 g/mol. The molecule has 2 rings (SSSR count). The maximum Gasteiger partial charge on any atom is 0.226 e. The second-order valence-corrected chi connectivity index (χ2v) is 4.51. The third kappa shape index (κ3) is 3.17. The highest BCUT2D eigenvalue weighted by atomic mass is 32.1. The summed E-state index contributed by atoms with van der Waals surface area (Å²) < 4.78 is 5.33. The van der Waals surface area contributed by atoms with Crippen molar-refractivity contribution in [1.82, 2.24) is 9.97 Å². The van der Waals surface area contributed by atoms with Crippen LogP contribution in [0.3, 0.4) is 0 Å². The highest BCUT2D eigenvalue weighted by Gasteiger charge is 2.08. The summed E-state index contributed by atoms with van der Waals surface area (Å²) in [5, 5.41) is 5.31. The van der Waals surface area contributed by atoms with E-state index in [0.29, 0.717) is 18.4 Å². The fourth-order valence-electron chi connectivity index (χ4n) is 1.44. The van der Waals surface area contributed by atoms with Crippen LogP contribution >= 0.6 is 11.3 Å². The van der Waals surface area contributed by atoms with Gasteiger partial charge in [-0.25, -0.2) is 4.98 Å². The molecule has 0 aliphatic heterocycles. The number of aromatic nitrogens is 2. The highest BCUT2D eigenvalue weighted by Crippen LogP contribution is 2.21. The SMILES string of the molecule is CCOc1ccnc(NC(C)c2cccs2)n1. The van der Waals surface area contributed by atoms with Gasteiger partial charge in [-0.15, -0.1) is 11.3 Å². The van der Waals surface area contributed by atoms with Gasteiger partial charge in [-0.2, -0.15) is 4.98 Å². The molecule has 0 aliphatic rings. The van der Waals surface area contributed by atoms with Gasteiger partial charge in [-0.3, -0.25) is 0 Å². The first-order valence-electron chi connectivity index (χ1n) is 5.55. The molecule has 1 unspecified atom stereocenters. The van der Waals surface area contributed by atoms with E-state index in [2.05, 4.69) is 33.7 Å². The van der Waals surface area contributed by atoms with Crippen molar-refractivity contribution < 1.29 is 4.74 Å². The van der Waals surface area contributed by atoms with E-state index >= 15 is 0 Å². The minimum atomic E-state index is 0.201. The lowest BCUT2D eigenvalue weighted by Gasteiger charge is -2.12. The molecule has 0 aliphatic carbocycles. The van der Waals surface area contributed by atoms with Crippen LogP contribution in [0.4, 0.5) is 5.95 Å². The zero-order valence-electron chi connectivity index (χ0n) is 9.88. The predicted molar refractivity (Wildman–Crippen MR) is 69.6 cm³/mol. The van der Waals surface area contributed by atoms with E-state index in [1.807, 2.05) is 13.0 Å². The predicted octanol–water partition coefficient (Wildman–Crippen LogP) is 3.11. The van der Waals surface area contributed by atoms with Gasteiger partial charge in [0, 0.05) is 17.1 Å². The van der Waals surface area contributed by atoms with Crippen molar-refractivity contribution in [1.29, 1.82) is 0 Å². The Morgan fingerprint density at radius 2 is 2.35 bits per heavy atom. The summed E-state index contributed by atoms with van der Waals surface area (Å²) in [6.45, 7) is 4.63. The Morgan fingerprint density at radius 3 is 3.06 bits per heavy atom. The molecule has 0 saturated carbocycles. The number of hydrogen-bond acceptors (Lipinski definition) is 5. The zero-order valence-corrected chi connectivity index (χ0v) is 10.7. The molecule has 0 amide bonds. The number of nitrogens with zero attached hydrogens (tertiary/aromatic N) is 2. The van der Waals surface area contributed by atoms with E-state index in [0.717, 1.165) is 0 Å². The largest absolute Gasteiger partial charge is 0.478 e. The molecule has 2 heterocycles. The van der Waals surface area contributed by atoms with E-state index in [4.69, 9.17) is 4.74 Å². The minimum Gasteiger partial charge on any atom is -0.478 e. The van der Waals surface area contributed by atoms with Crippen LogP contribution in [0.15, 0.2) is 29.8 Å². The minimum absolute atomic E-state index is 0.201. The lowest BCUT2D eigenvalue weighted by molar-refractivity contribution is 0.326. The summed E-state index contributed by atoms with van der Waals surface area (Å²) in [4.78, 5) is 9.71. The van der Waals surface area contributed by atoms with Crippen LogP contribution in [-0.2, 0) is 0 Å². The van der Waals surface area contributed by atoms with Crippen LogP contribution < -0.4 is 10.1 Å². The van der Waals surface area contributed by atoms with Gasteiger partial charge in [0.2, 0.25) is 11.8 Å². The molecule has 17 heavy (non-hydrogen) atoms. The molecule has 0 radical (unpaired) electrons. The summed E-state index contributed by atoms with van der Waals surface area (Å²) in [6.07, 6.45) is 1.70. The van der Waals surface area contributed by atoms with Crippen molar-refractivity contribution in [2.75, 3.05) is 11.9 Å². The summed E-state index contributed by atoms with van der Waals surface area (Å²) in [5.74, 6) is 1.19. The molecule has 90 valence electrons. The molecule has 2 aromatic heterocycles. The van der Waals surface area contributed by atoms with Crippen molar-refractivity contribution in [2.45, 2.75) is 19.9 Å². The van der Waals surface area contributed by atoms with Crippen molar-refractivity contribution in [3.8, 4) is 5.88 Å². The van der Waals surface area contributed by atoms with Gasteiger partial charge in [0.25, 0.3) is 0 Å². The van der Waals surface area contributed by atoms with Crippen LogP contribution in [0.2, 0.25) is 0 Å². The molecule has 2 aromatic rings. The average Bonchev–Trinajstić information content (AvgIpc) is 2.83. The fourth-order valence-corrected chi connectivity index (χ4v) is 2.18. The highest BCUT2D eigenvalue weighted by molar-refractivity contribution is 7.10. The molecule has 5 heteroatoms. The smallest absolute Gasteiger partial charge is 0.226 e. The second-order valence-electron chi connectivity index (χ2n) is 3.53. The molecule has 0 fully saturated rings. The van der Waals surface area contributed by atoms with E-state index in [-0.39, 0.29) is 6.04 Å². The van der Waals surface area contributed by atoms with E-state index in [1.165, 1.54) is 4.88 Å². The summed E-state index contributed by atoms with van der Waals surface area (Å²) in [6, 6.07) is 6.08. The molecule has 0 spiro atoms. The van der Waals surface area contributed by atoms with Crippen LogP contribution in [0.5, 0.6) is 5.88 Å². The van der Waals surface area contributed by atoms with Crippen LogP contribution in [-0.4, -0.2) is 16.6 Å². The number of nitrogens with one attached hydrogen (secondary N) is 1. The van der Waals surface area contributed by atoms with E-state index in [1.54, 1.807) is 23.6 Å². The van der Waals surface area contributed by atoms with Gasteiger partial charge in [-0.05, 0) is 25.3 Å². The van der Waals surface area contributed by atoms with Crippen LogP contribution in [0.25, 0.3) is 0 Å². The van der Waals surface area contributed by atoms with Gasteiger partial charge in [0.1, 0.15) is 0 Å². The fraction of sp³-hybridized carbons (Fsp3) is 0.333. The number of hydrogen-bond donors (Lipinski definition) is 1. The Bertz CT molecular complexity index is 459. The van der Waals surface area contributed by atoms with Gasteiger partial charge in [-0.1, -0.05) is 6.07 Å². The first-order chi connectivity index (χ1) is 8.29. The van der Waals surface area contributed by atoms with E-state index in [9.17, 15) is 0 Å². The molecule has 1 N–H and O–H groups in total. The molecule has 4 nitrogen and oxygen atoms in total. The Morgan fingerprint density at radius 1 is 1.47 bits per heavy atom. The molecule has 1 atom stereocenters. The normalized spacial score (nSPS) is 12.1. The van der Waals surface area contributed by atoms with Crippen molar-refractivity contribution in [2.24, 2.45) is 0 Å². The number of thiophene rings is 1. The Kier molecular flexibility index (Phi) is 3.93. The van der Waals surface area contributed by atoms with Gasteiger partial charge in [0.15, 0.2) is 0 Å². The molecule has 0 saturated heterocycles. The first-order valence-corrected chi connectivity index (χ1v) is 6.43. The average molecular weight is 249 g/mol. The van der Waals surface area contributed by atoms with Crippen LogP contribution in [0, 0.1) is 0 Å². The standard InChI is InChI=1S/C12H15N3OS/c1-3-16-11-6-7-13-12(15-11)14-9(2)10-5-4-8-17-10/h4-9H,3H2,1-2H3,(H,13,14,15). The first kappa shape index (κ1) is 11.9. The maximum atomic E-state index is 5.33. The quantitative estimate of drug-likeness (QED) is 0.884. The summed E-state index contributed by atoms with van der Waals surface area (Å²) >= 11 is 1.72. The zero-order chi connectivity index (χ0) is 12.1. The molecule has 0 bridgehead atoms. The van der Waals surface area contributed by atoms with Gasteiger partial charge in [0.05, 0.1) is 12.6 Å². The lowest BCUT2D eigenvalue weighted by Crippen LogP contribution is -2.08. The van der Waals surface area contributed by atoms with Gasteiger partial charge < -0.3 is 10.1 Å². The molecular formula is C12H15N3OS. The van der Waals surface area contributed by atoms with E-state index < -0.39 is 0 Å². The number of anilines is 1. The van der Waals surface area contributed by atoms with Gasteiger partial charge >= 0.3 is 0 Å². The molecule has 0 aromatic carbocycles. The Balaban J connectivity index is 2.05. The summed E-state index contributed by atoms with van der Waals surface area (Å²) in [5.41, 5.74) is 0. The monoisotopic (exact) mass is 249 g/mol. The third-order valence-electron chi connectivity index (χ3n) is 2.24. The maximum absolute atomic E-state index is 5.33. The Labute approximate surface area is 105 Å². The van der Waals surface area contributed by atoms with Crippen molar-refractivity contribution in [3.63, 3.8) is 0 Å². The number of rotatable bonds is 5. The Hall–Kier alpha value is -1.62. The van der Waals surface area contributed by atoms with Crippen LogP contribution in [0.1, 0.15) is 24.8 Å². The summed E-state index contributed by atoms with van der Waals surface area (Å²) in [7, 11) is 0. The van der Waals surface area contributed by atoms with Crippen molar-refractivity contribution >= 4 is 17.3 Å².